The van der Waals surface area contributed by atoms with Gasteiger partial charge in [-0.25, -0.2) is 0 Å². The minimum Gasteiger partial charge on any atom is -0.347 e. The van der Waals surface area contributed by atoms with Gasteiger partial charge in [-0.3, -0.25) is 4.79 Å². The highest BCUT2D eigenvalue weighted by atomic mass is 16.1. The molecule has 0 spiro atoms. The van der Waals surface area contributed by atoms with Crippen LogP contribution in [0.5, 0.6) is 0 Å². The van der Waals surface area contributed by atoms with Crippen LogP contribution in [-0.4, -0.2) is 5.91 Å². The fraction of sp³-hybridized carbons (Fsp3) is 0.536. The molecule has 1 aliphatic rings. The van der Waals surface area contributed by atoms with Crippen molar-refractivity contribution in [3.05, 3.63) is 71.3 Å². The fourth-order valence-electron chi connectivity index (χ4n) is 5.89. The SMILES string of the molecule is C=C/C=C1\C(=C/C)C(C)(C)CC1(C)c1ccc(C(CCC)(CCC)NC(C)=O)cc1. The standard InChI is InChI=1S/C28H41NO/c1-9-13-25-24(12-4)26(6,7)20-27(25,8)22-14-16-23(17-15-22)28(18-10-2,19-11-3)29-21(5)30/h9,12-17H,1,10-11,18-20H2,2-8H3,(H,29,30)/b24-12+,25-13+. The van der Waals surface area contributed by atoms with Crippen LogP contribution in [0.1, 0.15) is 91.7 Å². The first-order valence-electron chi connectivity index (χ1n) is 11.5. The third-order valence-electron chi connectivity index (χ3n) is 6.83. The molecule has 0 saturated heterocycles. The molecule has 2 rings (SSSR count). The number of nitrogens with one attached hydrogen (secondary N) is 1. The van der Waals surface area contributed by atoms with Crippen molar-refractivity contribution < 1.29 is 4.79 Å². The van der Waals surface area contributed by atoms with Gasteiger partial charge in [0.05, 0.1) is 5.54 Å². The zero-order chi connectivity index (χ0) is 22.6. The molecule has 1 aromatic carbocycles. The lowest BCUT2D eigenvalue weighted by Gasteiger charge is -2.36. The van der Waals surface area contributed by atoms with Gasteiger partial charge >= 0.3 is 0 Å². The number of carbonyl (C=O) groups excluding carboxylic acids is 1. The Labute approximate surface area is 184 Å². The summed E-state index contributed by atoms with van der Waals surface area (Å²) in [6.07, 6.45) is 11.4. The number of rotatable bonds is 8. The summed E-state index contributed by atoms with van der Waals surface area (Å²) in [7, 11) is 0. The van der Waals surface area contributed by atoms with Crippen LogP contribution >= 0.6 is 0 Å². The van der Waals surface area contributed by atoms with Gasteiger partial charge in [0.1, 0.15) is 0 Å². The van der Waals surface area contributed by atoms with Gasteiger partial charge in [-0.15, -0.1) is 0 Å². The van der Waals surface area contributed by atoms with Gasteiger partial charge < -0.3 is 5.32 Å². The molecule has 1 aliphatic carbocycles. The molecule has 1 saturated carbocycles. The Kier molecular flexibility index (Phi) is 7.55. The molecule has 0 radical (unpaired) electrons. The summed E-state index contributed by atoms with van der Waals surface area (Å²) in [5.74, 6) is 0.0411. The summed E-state index contributed by atoms with van der Waals surface area (Å²) in [5, 5.41) is 3.30. The van der Waals surface area contributed by atoms with E-state index < -0.39 is 0 Å². The van der Waals surface area contributed by atoms with Crippen molar-refractivity contribution >= 4 is 5.91 Å². The second kappa shape index (κ2) is 9.37. The van der Waals surface area contributed by atoms with Crippen molar-refractivity contribution in [2.24, 2.45) is 5.41 Å². The average molecular weight is 408 g/mol. The zero-order valence-electron chi connectivity index (χ0n) is 20.2. The molecule has 1 unspecified atom stereocenters. The van der Waals surface area contributed by atoms with Gasteiger partial charge in [0, 0.05) is 12.3 Å². The monoisotopic (exact) mass is 407 g/mol. The molecular formula is C28H41NO. The predicted octanol–water partition coefficient (Wildman–Crippen LogP) is 7.36. The Morgan fingerprint density at radius 1 is 1.10 bits per heavy atom. The first-order valence-corrected chi connectivity index (χ1v) is 11.5. The Morgan fingerprint density at radius 3 is 2.10 bits per heavy atom. The highest BCUT2D eigenvalue weighted by Gasteiger charge is 2.47. The molecule has 0 heterocycles. The van der Waals surface area contributed by atoms with Crippen molar-refractivity contribution in [1.82, 2.24) is 5.32 Å². The van der Waals surface area contributed by atoms with Crippen molar-refractivity contribution in [3.8, 4) is 0 Å². The molecule has 1 aromatic rings. The van der Waals surface area contributed by atoms with Gasteiger partial charge in [-0.1, -0.05) is 96.5 Å². The maximum absolute atomic E-state index is 12.0. The molecule has 0 bridgehead atoms. The normalized spacial score (nSPS) is 23.7. The van der Waals surface area contributed by atoms with Crippen LogP contribution in [0.2, 0.25) is 0 Å². The Bertz CT molecular complexity index is 819. The first-order chi connectivity index (χ1) is 14.1. The maximum Gasteiger partial charge on any atom is 0.217 e. The van der Waals surface area contributed by atoms with Gasteiger partial charge in [0.2, 0.25) is 5.91 Å². The number of hydrogen-bond acceptors (Lipinski definition) is 1. The third kappa shape index (κ3) is 4.48. The van der Waals surface area contributed by atoms with Gasteiger partial charge in [-0.05, 0) is 53.9 Å². The molecule has 2 nitrogen and oxygen atoms in total. The minimum atomic E-state index is -0.280. The molecule has 0 aromatic heterocycles. The predicted molar refractivity (Wildman–Crippen MR) is 130 cm³/mol. The van der Waals surface area contributed by atoms with Gasteiger partial charge in [0.25, 0.3) is 0 Å². The van der Waals surface area contributed by atoms with Crippen LogP contribution in [0, 0.1) is 5.41 Å². The fourth-order valence-corrected chi connectivity index (χ4v) is 5.89. The lowest BCUT2D eigenvalue weighted by atomic mass is 9.74. The van der Waals surface area contributed by atoms with Crippen molar-refractivity contribution in [2.75, 3.05) is 0 Å². The van der Waals surface area contributed by atoms with E-state index in [4.69, 9.17) is 0 Å². The van der Waals surface area contributed by atoms with E-state index in [0.717, 1.165) is 32.1 Å². The molecule has 164 valence electrons. The van der Waals surface area contributed by atoms with Crippen molar-refractivity contribution in [2.45, 2.75) is 91.5 Å². The second-order valence-electron chi connectivity index (χ2n) is 9.75. The third-order valence-corrected chi connectivity index (χ3v) is 6.83. The van der Waals surface area contributed by atoms with E-state index in [0.29, 0.717) is 0 Å². The molecule has 1 N–H and O–H groups in total. The highest BCUT2D eigenvalue weighted by molar-refractivity contribution is 5.74. The van der Waals surface area contributed by atoms with E-state index in [1.165, 1.54) is 22.3 Å². The number of carbonyl (C=O) groups is 1. The van der Waals surface area contributed by atoms with Crippen LogP contribution in [0.4, 0.5) is 0 Å². The lowest BCUT2D eigenvalue weighted by Crippen LogP contribution is -2.45. The van der Waals surface area contributed by atoms with E-state index in [2.05, 4.69) is 89.9 Å². The van der Waals surface area contributed by atoms with Crippen molar-refractivity contribution in [1.29, 1.82) is 0 Å². The van der Waals surface area contributed by atoms with Gasteiger partial charge in [-0.2, -0.15) is 0 Å². The molecule has 1 atom stereocenters. The molecule has 1 amide bonds. The Hall–Kier alpha value is -2.09. The summed E-state index contributed by atoms with van der Waals surface area (Å²) < 4.78 is 0. The van der Waals surface area contributed by atoms with E-state index in [-0.39, 0.29) is 22.3 Å². The number of benzene rings is 1. The van der Waals surface area contributed by atoms with Crippen LogP contribution < -0.4 is 5.32 Å². The van der Waals surface area contributed by atoms with Crippen LogP contribution in [0.25, 0.3) is 0 Å². The average Bonchev–Trinajstić information content (AvgIpc) is 2.87. The Balaban J connectivity index is 2.55. The minimum absolute atomic E-state index is 0.0411. The maximum atomic E-state index is 12.0. The number of allylic oxidation sites excluding steroid dienone is 5. The largest absolute Gasteiger partial charge is 0.347 e. The quantitative estimate of drug-likeness (QED) is 0.479. The molecule has 30 heavy (non-hydrogen) atoms. The first kappa shape index (κ1) is 24.2. The topological polar surface area (TPSA) is 29.1 Å². The molecule has 0 aliphatic heterocycles. The number of amides is 1. The second-order valence-corrected chi connectivity index (χ2v) is 9.75. The lowest BCUT2D eigenvalue weighted by molar-refractivity contribution is -0.121. The summed E-state index contributed by atoms with van der Waals surface area (Å²) >= 11 is 0. The zero-order valence-corrected chi connectivity index (χ0v) is 20.2. The van der Waals surface area contributed by atoms with Gasteiger partial charge in [0.15, 0.2) is 0 Å². The van der Waals surface area contributed by atoms with Crippen LogP contribution in [0.3, 0.4) is 0 Å². The molecule has 1 fully saturated rings. The summed E-state index contributed by atoms with van der Waals surface area (Å²) in [5.41, 5.74) is 5.12. The summed E-state index contributed by atoms with van der Waals surface area (Å²) in [6.45, 7) is 19.1. The van der Waals surface area contributed by atoms with Crippen molar-refractivity contribution in [3.63, 3.8) is 0 Å². The van der Waals surface area contributed by atoms with E-state index in [9.17, 15) is 4.79 Å². The number of hydrogen-bond donors (Lipinski definition) is 1. The van der Waals surface area contributed by atoms with Crippen LogP contribution in [0.15, 0.2) is 60.2 Å². The summed E-state index contributed by atoms with van der Waals surface area (Å²) in [4.78, 5) is 12.0. The summed E-state index contributed by atoms with van der Waals surface area (Å²) in [6, 6.07) is 9.05. The van der Waals surface area contributed by atoms with E-state index >= 15 is 0 Å². The van der Waals surface area contributed by atoms with E-state index in [1.807, 2.05) is 6.08 Å². The smallest absolute Gasteiger partial charge is 0.217 e. The highest BCUT2D eigenvalue weighted by Crippen LogP contribution is 2.57. The molecular weight excluding hydrogens is 366 g/mol. The van der Waals surface area contributed by atoms with Crippen LogP contribution in [-0.2, 0) is 15.7 Å². The Morgan fingerprint density at radius 2 is 1.67 bits per heavy atom. The molecule has 2 heteroatoms. The van der Waals surface area contributed by atoms with E-state index in [1.54, 1.807) is 6.92 Å².